The normalized spacial score (nSPS) is 11.2. The largest absolute Gasteiger partial charge is 0.493 e. The molecule has 3 aromatic rings. The summed E-state index contributed by atoms with van der Waals surface area (Å²) in [6.45, 7) is 7.77. The number of nitrogens with zero attached hydrogens (tertiary/aromatic N) is 1. The molecule has 6 heteroatoms. The number of aryl methyl sites for hydroxylation is 1. The van der Waals surface area contributed by atoms with Crippen LogP contribution in [-0.4, -0.2) is 29.8 Å². The highest BCUT2D eigenvalue weighted by atomic mass is 16.6. The van der Waals surface area contributed by atoms with Crippen LogP contribution in [0.3, 0.4) is 0 Å². The first-order valence-corrected chi connectivity index (χ1v) is 10.00. The van der Waals surface area contributed by atoms with Crippen molar-refractivity contribution >= 4 is 5.97 Å². The van der Waals surface area contributed by atoms with Crippen LogP contribution in [0.15, 0.2) is 59.0 Å². The lowest BCUT2D eigenvalue weighted by Crippen LogP contribution is -2.39. The van der Waals surface area contributed by atoms with Crippen molar-refractivity contribution in [3.63, 3.8) is 0 Å². The van der Waals surface area contributed by atoms with Crippen LogP contribution in [-0.2, 0) is 16.0 Å². The zero-order valence-electron chi connectivity index (χ0n) is 17.8. The molecule has 0 amide bonds. The van der Waals surface area contributed by atoms with Gasteiger partial charge in [0.1, 0.15) is 17.3 Å². The molecule has 1 heterocycles. The van der Waals surface area contributed by atoms with Crippen LogP contribution in [0.1, 0.15) is 32.2 Å². The highest BCUT2D eigenvalue weighted by molar-refractivity contribution is 5.79. The fourth-order valence-corrected chi connectivity index (χ4v) is 2.90. The Labute approximate surface area is 176 Å². The first kappa shape index (κ1) is 21.4. The predicted molar refractivity (Wildman–Crippen MR) is 114 cm³/mol. The average molecular weight is 409 g/mol. The quantitative estimate of drug-likeness (QED) is 0.464. The smallest absolute Gasteiger partial charge is 0.349 e. The number of carbonyl (C=O) groups is 1. The molecule has 0 aliphatic rings. The summed E-state index contributed by atoms with van der Waals surface area (Å²) in [7, 11) is 0. The molecule has 6 nitrogen and oxygen atoms in total. The molecular weight excluding hydrogens is 382 g/mol. The molecule has 3 rings (SSSR count). The number of carbonyl (C=O) groups excluding carboxylic acids is 1. The predicted octanol–water partition coefficient (Wildman–Crippen LogP) is 4.99. The zero-order chi connectivity index (χ0) is 21.6. The molecule has 0 saturated heterocycles. The fourth-order valence-electron chi connectivity index (χ4n) is 2.90. The van der Waals surface area contributed by atoms with E-state index in [0.717, 1.165) is 17.0 Å². The van der Waals surface area contributed by atoms with E-state index in [1.807, 2.05) is 49.4 Å². The third kappa shape index (κ3) is 5.41. The van der Waals surface area contributed by atoms with E-state index in [4.69, 9.17) is 18.6 Å². The Kier molecular flexibility index (Phi) is 6.77. The van der Waals surface area contributed by atoms with Crippen molar-refractivity contribution in [3.05, 3.63) is 66.1 Å². The van der Waals surface area contributed by atoms with Gasteiger partial charge in [0.25, 0.3) is 0 Å². The van der Waals surface area contributed by atoms with E-state index in [2.05, 4.69) is 4.98 Å². The molecule has 0 aliphatic heterocycles. The van der Waals surface area contributed by atoms with E-state index >= 15 is 0 Å². The van der Waals surface area contributed by atoms with Crippen molar-refractivity contribution in [2.75, 3.05) is 13.2 Å². The van der Waals surface area contributed by atoms with Gasteiger partial charge in [-0.25, -0.2) is 9.78 Å². The second kappa shape index (κ2) is 9.48. The second-order valence-corrected chi connectivity index (χ2v) is 7.29. The number of benzene rings is 2. The van der Waals surface area contributed by atoms with E-state index in [1.165, 1.54) is 0 Å². The van der Waals surface area contributed by atoms with Gasteiger partial charge in [0.05, 0.1) is 18.9 Å². The van der Waals surface area contributed by atoms with Crippen molar-refractivity contribution in [1.29, 1.82) is 0 Å². The molecular formula is C24H27NO5. The Morgan fingerprint density at radius 1 is 1.07 bits per heavy atom. The molecule has 0 N–H and O–H groups in total. The van der Waals surface area contributed by atoms with Gasteiger partial charge < -0.3 is 18.6 Å². The summed E-state index contributed by atoms with van der Waals surface area (Å²) in [5, 5.41) is 0. The van der Waals surface area contributed by atoms with Gasteiger partial charge in [0.15, 0.2) is 5.60 Å². The van der Waals surface area contributed by atoms with Crippen LogP contribution >= 0.6 is 0 Å². The topological polar surface area (TPSA) is 70.8 Å². The Bertz CT molecular complexity index is 978. The summed E-state index contributed by atoms with van der Waals surface area (Å²) in [6, 6.07) is 17.0. The number of hydrogen-bond acceptors (Lipinski definition) is 6. The molecule has 0 saturated carbocycles. The van der Waals surface area contributed by atoms with Crippen LogP contribution < -0.4 is 9.47 Å². The monoisotopic (exact) mass is 409 g/mol. The molecule has 0 fully saturated rings. The van der Waals surface area contributed by atoms with Crippen molar-refractivity contribution < 1.29 is 23.4 Å². The van der Waals surface area contributed by atoms with Gasteiger partial charge in [-0.15, -0.1) is 0 Å². The zero-order valence-corrected chi connectivity index (χ0v) is 17.8. The third-order valence-electron chi connectivity index (χ3n) is 4.47. The van der Waals surface area contributed by atoms with E-state index in [-0.39, 0.29) is 0 Å². The minimum absolute atomic E-state index is 0.308. The maximum absolute atomic E-state index is 12.0. The van der Waals surface area contributed by atoms with E-state index < -0.39 is 11.6 Å². The van der Waals surface area contributed by atoms with E-state index in [1.54, 1.807) is 32.9 Å². The first-order valence-electron chi connectivity index (χ1n) is 10.00. The molecule has 0 bridgehead atoms. The van der Waals surface area contributed by atoms with Crippen LogP contribution in [0.25, 0.3) is 11.5 Å². The minimum Gasteiger partial charge on any atom is -0.493 e. The number of hydrogen-bond donors (Lipinski definition) is 0. The molecule has 0 radical (unpaired) electrons. The maximum atomic E-state index is 12.0. The molecule has 1 aromatic heterocycles. The van der Waals surface area contributed by atoms with E-state index in [9.17, 15) is 4.79 Å². The average Bonchev–Trinajstić information content (AvgIpc) is 3.09. The molecule has 0 atom stereocenters. The van der Waals surface area contributed by atoms with E-state index in [0.29, 0.717) is 37.0 Å². The Morgan fingerprint density at radius 3 is 2.53 bits per heavy atom. The van der Waals surface area contributed by atoms with Crippen molar-refractivity contribution in [1.82, 2.24) is 4.98 Å². The Morgan fingerprint density at radius 2 is 1.80 bits per heavy atom. The maximum Gasteiger partial charge on any atom is 0.349 e. The van der Waals surface area contributed by atoms with Gasteiger partial charge in [-0.05, 0) is 52.0 Å². The lowest BCUT2D eigenvalue weighted by molar-refractivity contribution is -0.158. The second-order valence-electron chi connectivity index (χ2n) is 7.29. The Hall–Kier alpha value is -3.28. The summed E-state index contributed by atoms with van der Waals surface area (Å²) in [4.78, 5) is 16.6. The van der Waals surface area contributed by atoms with Gasteiger partial charge in [0, 0.05) is 18.1 Å². The summed E-state index contributed by atoms with van der Waals surface area (Å²) in [6.07, 6.45) is 0.613. The molecule has 2 aromatic carbocycles. The highest BCUT2D eigenvalue weighted by Crippen LogP contribution is 2.25. The Balaban J connectivity index is 1.59. The van der Waals surface area contributed by atoms with Crippen molar-refractivity contribution in [3.8, 4) is 23.0 Å². The first-order chi connectivity index (χ1) is 14.4. The number of oxazole rings is 1. The molecule has 30 heavy (non-hydrogen) atoms. The van der Waals surface area contributed by atoms with Gasteiger partial charge in [-0.3, -0.25) is 0 Å². The standard InChI is InChI=1S/C24H27NO5/c1-5-27-23(26)24(3,4)30-20-13-9-12-19(16-20)28-15-14-21-17(2)29-22(25-21)18-10-7-6-8-11-18/h6-13,16H,5,14-15H2,1-4H3. The van der Waals surface area contributed by atoms with Gasteiger partial charge in [-0.2, -0.15) is 0 Å². The van der Waals surface area contributed by atoms with Crippen LogP contribution in [0.2, 0.25) is 0 Å². The van der Waals surface area contributed by atoms with Crippen LogP contribution in [0.5, 0.6) is 11.5 Å². The van der Waals surface area contributed by atoms with Crippen LogP contribution in [0, 0.1) is 6.92 Å². The van der Waals surface area contributed by atoms with Gasteiger partial charge in [-0.1, -0.05) is 24.3 Å². The summed E-state index contributed by atoms with van der Waals surface area (Å²) in [5.74, 6) is 2.17. The summed E-state index contributed by atoms with van der Waals surface area (Å²) < 4.78 is 22.5. The fraction of sp³-hybridized carbons (Fsp3) is 0.333. The molecule has 0 unspecified atom stereocenters. The number of rotatable bonds is 9. The van der Waals surface area contributed by atoms with Crippen molar-refractivity contribution in [2.45, 2.75) is 39.7 Å². The summed E-state index contributed by atoms with van der Waals surface area (Å²) >= 11 is 0. The minimum atomic E-state index is -1.08. The molecule has 0 aliphatic carbocycles. The SMILES string of the molecule is CCOC(=O)C(C)(C)Oc1cccc(OCCc2nc(-c3ccccc3)oc2C)c1. The summed E-state index contributed by atoms with van der Waals surface area (Å²) in [5.41, 5.74) is 0.729. The van der Waals surface area contributed by atoms with Crippen LogP contribution in [0.4, 0.5) is 0 Å². The van der Waals surface area contributed by atoms with Gasteiger partial charge >= 0.3 is 5.97 Å². The number of ether oxygens (including phenoxy) is 3. The molecule has 158 valence electrons. The highest BCUT2D eigenvalue weighted by Gasteiger charge is 2.31. The number of esters is 1. The lowest BCUT2D eigenvalue weighted by atomic mass is 10.1. The number of aromatic nitrogens is 1. The van der Waals surface area contributed by atoms with Gasteiger partial charge in [0.2, 0.25) is 5.89 Å². The molecule has 0 spiro atoms. The van der Waals surface area contributed by atoms with Crippen molar-refractivity contribution in [2.24, 2.45) is 0 Å². The lowest BCUT2D eigenvalue weighted by Gasteiger charge is -2.24. The third-order valence-corrected chi connectivity index (χ3v) is 4.47.